The number of aromatic nitrogens is 1. The summed E-state index contributed by atoms with van der Waals surface area (Å²) in [6.45, 7) is 6.22. The van der Waals surface area contributed by atoms with Crippen molar-refractivity contribution in [3.63, 3.8) is 0 Å². The number of rotatable bonds is 10. The van der Waals surface area contributed by atoms with Gasteiger partial charge in [-0.05, 0) is 32.9 Å². The molecule has 7 heteroatoms. The first-order chi connectivity index (χ1) is 9.03. The maximum atomic E-state index is 11.7. The topological polar surface area (TPSA) is 71.1 Å². The molecule has 0 fully saturated rings. The van der Waals surface area contributed by atoms with Crippen molar-refractivity contribution in [1.29, 1.82) is 0 Å². The van der Waals surface area contributed by atoms with Crippen LogP contribution in [0.5, 0.6) is 0 Å². The molecule has 1 aromatic heterocycles. The lowest BCUT2D eigenvalue weighted by Gasteiger charge is -2.06. The first-order valence-electron chi connectivity index (χ1n) is 6.62. The van der Waals surface area contributed by atoms with E-state index in [4.69, 9.17) is 0 Å². The summed E-state index contributed by atoms with van der Waals surface area (Å²) in [6, 6.07) is 0. The Hall–Kier alpha value is -0.500. The number of hydrogen-bond donors (Lipinski definition) is 2. The van der Waals surface area contributed by atoms with E-state index < -0.39 is 10.0 Å². The van der Waals surface area contributed by atoms with Crippen LogP contribution >= 0.6 is 11.3 Å². The monoisotopic (exact) mass is 305 g/mol. The summed E-state index contributed by atoms with van der Waals surface area (Å²) < 4.78 is 26.0. The molecule has 0 amide bonds. The Balaban J connectivity index is 2.16. The third-order valence-corrected chi connectivity index (χ3v) is 4.93. The number of aryl methyl sites for hydroxylation is 1. The van der Waals surface area contributed by atoms with Crippen molar-refractivity contribution in [2.45, 2.75) is 33.1 Å². The highest BCUT2D eigenvalue weighted by Gasteiger charge is 2.09. The number of unbranched alkanes of at least 4 members (excludes halogenated alkanes) is 1. The summed E-state index contributed by atoms with van der Waals surface area (Å²) in [7, 11) is -3.13. The van der Waals surface area contributed by atoms with Crippen molar-refractivity contribution in [2.24, 2.45) is 0 Å². The smallest absolute Gasteiger partial charge is 0.211 e. The van der Waals surface area contributed by atoms with Crippen molar-refractivity contribution < 1.29 is 8.42 Å². The highest BCUT2D eigenvalue weighted by Crippen LogP contribution is 2.07. The average molecular weight is 305 g/mol. The van der Waals surface area contributed by atoms with Crippen molar-refractivity contribution >= 4 is 21.4 Å². The lowest BCUT2D eigenvalue weighted by molar-refractivity contribution is 0.574. The zero-order valence-corrected chi connectivity index (χ0v) is 13.2. The van der Waals surface area contributed by atoms with Crippen molar-refractivity contribution in [1.82, 2.24) is 15.0 Å². The van der Waals surface area contributed by atoms with E-state index in [2.05, 4.69) is 15.0 Å². The lowest BCUT2D eigenvalue weighted by atomic mass is 10.3. The highest BCUT2D eigenvalue weighted by atomic mass is 32.2. The van der Waals surface area contributed by atoms with E-state index in [0.717, 1.165) is 30.2 Å². The molecule has 5 nitrogen and oxygen atoms in total. The van der Waals surface area contributed by atoms with Crippen LogP contribution in [0.2, 0.25) is 0 Å². The van der Waals surface area contributed by atoms with Crippen LogP contribution in [0.15, 0.2) is 5.38 Å². The van der Waals surface area contributed by atoms with Gasteiger partial charge in [0.05, 0.1) is 16.5 Å². The molecule has 2 N–H and O–H groups in total. The number of thiazole rings is 1. The minimum atomic E-state index is -3.13. The number of sulfonamides is 1. The van der Waals surface area contributed by atoms with Gasteiger partial charge in [-0.3, -0.25) is 0 Å². The second-order valence-electron chi connectivity index (χ2n) is 4.38. The van der Waals surface area contributed by atoms with E-state index in [1.165, 1.54) is 0 Å². The summed E-state index contributed by atoms with van der Waals surface area (Å²) in [6.07, 6.45) is 2.24. The third-order valence-electron chi connectivity index (χ3n) is 2.64. The van der Waals surface area contributed by atoms with Crippen LogP contribution in [-0.4, -0.2) is 38.8 Å². The summed E-state index contributed by atoms with van der Waals surface area (Å²) in [4.78, 5) is 4.30. The van der Waals surface area contributed by atoms with E-state index in [9.17, 15) is 8.42 Å². The minimum Gasteiger partial charge on any atom is -0.317 e. The van der Waals surface area contributed by atoms with Gasteiger partial charge >= 0.3 is 0 Å². The standard InChI is InChI=1S/C12H23N3O2S2/c1-3-13-7-4-5-9-19(16,17)14-8-6-12-10-18-11(2)15-12/h10,13-14H,3-9H2,1-2H3. The van der Waals surface area contributed by atoms with Crippen LogP contribution in [0.4, 0.5) is 0 Å². The molecule has 0 aliphatic carbocycles. The maximum Gasteiger partial charge on any atom is 0.211 e. The van der Waals surface area contributed by atoms with Crippen LogP contribution in [-0.2, 0) is 16.4 Å². The fourth-order valence-corrected chi connectivity index (χ4v) is 3.44. The molecule has 0 saturated carbocycles. The van der Waals surface area contributed by atoms with Gasteiger partial charge in [0.1, 0.15) is 0 Å². The molecule has 0 aromatic carbocycles. The summed E-state index contributed by atoms with van der Waals surface area (Å²) in [5, 5.41) is 6.17. The van der Waals surface area contributed by atoms with Gasteiger partial charge in [0.15, 0.2) is 0 Å². The van der Waals surface area contributed by atoms with Crippen molar-refractivity contribution in [2.75, 3.05) is 25.4 Å². The number of nitrogens with one attached hydrogen (secondary N) is 2. The minimum absolute atomic E-state index is 0.203. The van der Waals surface area contributed by atoms with E-state index in [1.54, 1.807) is 11.3 Å². The molecule has 1 rings (SSSR count). The van der Waals surface area contributed by atoms with Crippen LogP contribution in [0.1, 0.15) is 30.5 Å². The summed E-state index contributed by atoms with van der Waals surface area (Å²) in [5.41, 5.74) is 0.956. The van der Waals surface area contributed by atoms with Crippen molar-refractivity contribution in [3.05, 3.63) is 16.1 Å². The lowest BCUT2D eigenvalue weighted by Crippen LogP contribution is -2.28. The fraction of sp³-hybridized carbons (Fsp3) is 0.750. The molecule has 1 aromatic rings. The Morgan fingerprint density at radius 3 is 2.74 bits per heavy atom. The second-order valence-corrected chi connectivity index (χ2v) is 7.37. The van der Waals surface area contributed by atoms with Crippen LogP contribution in [0.25, 0.3) is 0 Å². The van der Waals surface area contributed by atoms with Crippen LogP contribution in [0, 0.1) is 6.92 Å². The Bertz CT molecular complexity index is 457. The maximum absolute atomic E-state index is 11.7. The van der Waals surface area contributed by atoms with E-state index >= 15 is 0 Å². The van der Waals surface area contributed by atoms with Crippen LogP contribution in [0.3, 0.4) is 0 Å². The predicted octanol–water partition coefficient (Wildman–Crippen LogP) is 1.30. The second kappa shape index (κ2) is 8.63. The Morgan fingerprint density at radius 1 is 1.32 bits per heavy atom. The normalized spacial score (nSPS) is 11.9. The molecular formula is C12H23N3O2S2. The third kappa shape index (κ3) is 7.61. The first kappa shape index (κ1) is 16.6. The quantitative estimate of drug-likeness (QED) is 0.639. The largest absolute Gasteiger partial charge is 0.317 e. The fourth-order valence-electron chi connectivity index (χ4n) is 1.65. The van der Waals surface area contributed by atoms with Gasteiger partial charge in [0.25, 0.3) is 0 Å². The zero-order valence-electron chi connectivity index (χ0n) is 11.6. The molecule has 0 saturated heterocycles. The SMILES string of the molecule is CCNCCCCS(=O)(=O)NCCc1csc(C)n1. The van der Waals surface area contributed by atoms with Gasteiger partial charge in [-0.2, -0.15) is 0 Å². The van der Waals surface area contributed by atoms with E-state index in [1.807, 2.05) is 19.2 Å². The van der Waals surface area contributed by atoms with Gasteiger partial charge in [0.2, 0.25) is 10.0 Å². The van der Waals surface area contributed by atoms with E-state index in [-0.39, 0.29) is 5.75 Å². The Morgan fingerprint density at radius 2 is 2.11 bits per heavy atom. The molecule has 0 spiro atoms. The van der Waals surface area contributed by atoms with Crippen LogP contribution < -0.4 is 10.0 Å². The first-order valence-corrected chi connectivity index (χ1v) is 9.16. The molecule has 0 aliphatic rings. The molecule has 1 heterocycles. The molecule has 0 unspecified atom stereocenters. The van der Waals surface area contributed by atoms with Gasteiger partial charge in [-0.1, -0.05) is 6.92 Å². The molecular weight excluding hydrogens is 282 g/mol. The van der Waals surface area contributed by atoms with Gasteiger partial charge in [-0.25, -0.2) is 18.1 Å². The molecule has 0 atom stereocenters. The molecule has 0 radical (unpaired) electrons. The number of nitrogens with zero attached hydrogens (tertiary/aromatic N) is 1. The summed E-state index contributed by atoms with van der Waals surface area (Å²) in [5.74, 6) is 0.203. The number of hydrogen-bond acceptors (Lipinski definition) is 5. The molecule has 0 bridgehead atoms. The zero-order chi connectivity index (χ0) is 14.1. The Labute approximate surface area is 119 Å². The van der Waals surface area contributed by atoms with Gasteiger partial charge in [-0.15, -0.1) is 11.3 Å². The average Bonchev–Trinajstić information content (AvgIpc) is 2.74. The van der Waals surface area contributed by atoms with Crippen molar-refractivity contribution in [3.8, 4) is 0 Å². The van der Waals surface area contributed by atoms with E-state index in [0.29, 0.717) is 19.4 Å². The van der Waals surface area contributed by atoms with Gasteiger partial charge < -0.3 is 5.32 Å². The summed E-state index contributed by atoms with van der Waals surface area (Å²) >= 11 is 1.59. The molecule has 19 heavy (non-hydrogen) atoms. The highest BCUT2D eigenvalue weighted by molar-refractivity contribution is 7.89. The Kier molecular flexibility index (Phi) is 7.52. The predicted molar refractivity (Wildman–Crippen MR) is 80.1 cm³/mol. The van der Waals surface area contributed by atoms with Gasteiger partial charge in [0, 0.05) is 18.3 Å². The molecule has 0 aliphatic heterocycles. The molecule has 110 valence electrons.